The number of nitrogens with zero attached hydrogens (tertiary/aromatic N) is 1. The molecule has 0 heterocycles. The van der Waals surface area contributed by atoms with Gasteiger partial charge in [0.1, 0.15) is 0 Å². The van der Waals surface area contributed by atoms with E-state index < -0.39 is 0 Å². The summed E-state index contributed by atoms with van der Waals surface area (Å²) in [6.07, 6.45) is 4.70. The highest BCUT2D eigenvalue weighted by molar-refractivity contribution is 5.85. The molecular formula is C12H25ClN2O. The normalized spacial score (nSPS) is 13.5. The number of hydrogen-bond donors (Lipinski definition) is 1. The third-order valence-electron chi connectivity index (χ3n) is 2.82. The van der Waals surface area contributed by atoms with E-state index in [0.29, 0.717) is 0 Å². The minimum Gasteiger partial charge on any atom is -0.344 e. The van der Waals surface area contributed by atoms with Gasteiger partial charge in [-0.05, 0) is 18.8 Å². The van der Waals surface area contributed by atoms with Crippen LogP contribution in [0.4, 0.5) is 0 Å². The molecule has 0 radical (unpaired) electrons. The van der Waals surface area contributed by atoms with Crippen LogP contribution in [0, 0.1) is 5.92 Å². The number of likely N-dealkylation sites (N-methyl/N-ethyl adjacent to an activating group) is 1. The Morgan fingerprint density at radius 2 is 2.12 bits per heavy atom. The van der Waals surface area contributed by atoms with Crippen LogP contribution in [0.5, 0.6) is 0 Å². The molecule has 4 heteroatoms. The molecule has 0 saturated carbocycles. The molecule has 0 aliphatic carbocycles. The van der Waals surface area contributed by atoms with E-state index in [1.165, 1.54) is 0 Å². The molecular weight excluding hydrogens is 224 g/mol. The maximum absolute atomic E-state index is 11.8. The van der Waals surface area contributed by atoms with Crippen molar-refractivity contribution in [2.24, 2.45) is 11.7 Å². The SMILES string of the molecule is C=CCCCN(C)C(=O)C(N)C(C)CC.Cl. The van der Waals surface area contributed by atoms with E-state index in [-0.39, 0.29) is 30.3 Å². The Hall–Kier alpha value is -0.540. The molecule has 3 nitrogen and oxygen atoms in total. The fourth-order valence-corrected chi connectivity index (χ4v) is 1.33. The third kappa shape index (κ3) is 6.13. The molecule has 2 unspecified atom stereocenters. The molecule has 0 bridgehead atoms. The molecule has 1 amide bonds. The molecule has 0 fully saturated rings. The van der Waals surface area contributed by atoms with E-state index in [4.69, 9.17) is 5.73 Å². The summed E-state index contributed by atoms with van der Waals surface area (Å²) in [5.41, 5.74) is 5.87. The van der Waals surface area contributed by atoms with Crippen molar-refractivity contribution in [1.82, 2.24) is 4.90 Å². The van der Waals surface area contributed by atoms with E-state index in [2.05, 4.69) is 13.5 Å². The van der Waals surface area contributed by atoms with Gasteiger partial charge in [0, 0.05) is 13.6 Å². The first-order chi connectivity index (χ1) is 7.04. The van der Waals surface area contributed by atoms with Crippen LogP contribution in [-0.4, -0.2) is 30.4 Å². The first kappa shape index (κ1) is 17.8. The molecule has 2 atom stereocenters. The summed E-state index contributed by atoms with van der Waals surface area (Å²) in [5, 5.41) is 0. The summed E-state index contributed by atoms with van der Waals surface area (Å²) in [7, 11) is 1.81. The number of hydrogen-bond acceptors (Lipinski definition) is 2. The minimum atomic E-state index is -0.358. The van der Waals surface area contributed by atoms with Crippen molar-refractivity contribution < 1.29 is 4.79 Å². The molecule has 0 aromatic rings. The average molecular weight is 249 g/mol. The molecule has 0 spiro atoms. The van der Waals surface area contributed by atoms with Gasteiger partial charge in [0.15, 0.2) is 0 Å². The summed E-state index contributed by atoms with van der Waals surface area (Å²) in [5.74, 6) is 0.299. The Morgan fingerprint density at radius 3 is 2.56 bits per heavy atom. The van der Waals surface area contributed by atoms with Gasteiger partial charge in [-0.1, -0.05) is 26.3 Å². The van der Waals surface area contributed by atoms with Crippen molar-refractivity contribution in [1.29, 1.82) is 0 Å². The van der Waals surface area contributed by atoms with Gasteiger partial charge < -0.3 is 10.6 Å². The molecule has 16 heavy (non-hydrogen) atoms. The zero-order valence-electron chi connectivity index (χ0n) is 10.6. The first-order valence-electron chi connectivity index (χ1n) is 5.66. The van der Waals surface area contributed by atoms with Crippen molar-refractivity contribution >= 4 is 18.3 Å². The molecule has 0 saturated heterocycles. The summed E-state index contributed by atoms with van der Waals surface area (Å²) in [6.45, 7) is 8.47. The van der Waals surface area contributed by atoms with Crippen molar-refractivity contribution in [3.63, 3.8) is 0 Å². The molecule has 2 N–H and O–H groups in total. The maximum Gasteiger partial charge on any atom is 0.239 e. The van der Waals surface area contributed by atoms with Crippen molar-refractivity contribution in [3.8, 4) is 0 Å². The number of carbonyl (C=O) groups is 1. The van der Waals surface area contributed by atoms with Crippen LogP contribution in [-0.2, 0) is 4.79 Å². The van der Waals surface area contributed by atoms with Gasteiger partial charge in [-0.15, -0.1) is 19.0 Å². The fraction of sp³-hybridized carbons (Fsp3) is 0.750. The molecule has 0 aromatic carbocycles. The summed E-state index contributed by atoms with van der Waals surface area (Å²) in [6, 6.07) is -0.358. The standard InChI is InChI=1S/C12H24N2O.ClH/c1-5-7-8-9-14(4)12(15)11(13)10(3)6-2;/h5,10-11H,1,6-9,13H2,2-4H3;1H. The van der Waals surface area contributed by atoms with Crippen LogP contribution in [0.25, 0.3) is 0 Å². The van der Waals surface area contributed by atoms with Gasteiger partial charge in [0.2, 0.25) is 5.91 Å². The summed E-state index contributed by atoms with van der Waals surface area (Å²) >= 11 is 0. The van der Waals surface area contributed by atoms with E-state index >= 15 is 0 Å². The topological polar surface area (TPSA) is 46.3 Å². The van der Waals surface area contributed by atoms with E-state index in [1.54, 1.807) is 4.90 Å². The lowest BCUT2D eigenvalue weighted by molar-refractivity contribution is -0.132. The summed E-state index contributed by atoms with van der Waals surface area (Å²) < 4.78 is 0. The largest absolute Gasteiger partial charge is 0.344 e. The van der Waals surface area contributed by atoms with E-state index in [1.807, 2.05) is 20.0 Å². The predicted molar refractivity (Wildman–Crippen MR) is 71.7 cm³/mol. The molecule has 96 valence electrons. The number of rotatable bonds is 7. The number of nitrogens with two attached hydrogens (primary N) is 1. The second-order valence-corrected chi connectivity index (χ2v) is 4.10. The number of allylic oxidation sites excluding steroid dienone is 1. The second-order valence-electron chi connectivity index (χ2n) is 4.10. The lowest BCUT2D eigenvalue weighted by Crippen LogP contribution is -2.45. The Morgan fingerprint density at radius 1 is 1.56 bits per heavy atom. The molecule has 0 aromatic heterocycles. The van der Waals surface area contributed by atoms with Crippen LogP contribution >= 0.6 is 12.4 Å². The zero-order chi connectivity index (χ0) is 11.8. The van der Waals surface area contributed by atoms with Crippen LogP contribution < -0.4 is 5.73 Å². The highest BCUT2D eigenvalue weighted by atomic mass is 35.5. The van der Waals surface area contributed by atoms with Gasteiger partial charge in [-0.3, -0.25) is 4.79 Å². The molecule has 0 rings (SSSR count). The number of carbonyl (C=O) groups excluding carboxylic acids is 1. The monoisotopic (exact) mass is 248 g/mol. The second kappa shape index (κ2) is 9.67. The Kier molecular flexibility index (Phi) is 10.8. The summed E-state index contributed by atoms with van der Waals surface area (Å²) in [4.78, 5) is 13.5. The van der Waals surface area contributed by atoms with Crippen molar-refractivity contribution in [2.75, 3.05) is 13.6 Å². The fourth-order valence-electron chi connectivity index (χ4n) is 1.33. The smallest absolute Gasteiger partial charge is 0.239 e. The van der Waals surface area contributed by atoms with Crippen molar-refractivity contribution in [3.05, 3.63) is 12.7 Å². The average Bonchev–Trinajstić information content (AvgIpc) is 2.26. The molecule has 0 aliphatic rings. The zero-order valence-corrected chi connectivity index (χ0v) is 11.4. The lowest BCUT2D eigenvalue weighted by Gasteiger charge is -2.24. The Bertz CT molecular complexity index is 209. The first-order valence-corrected chi connectivity index (χ1v) is 5.66. The van der Waals surface area contributed by atoms with Crippen LogP contribution in [0.2, 0.25) is 0 Å². The number of halogens is 1. The van der Waals surface area contributed by atoms with Gasteiger partial charge >= 0.3 is 0 Å². The van der Waals surface area contributed by atoms with Gasteiger partial charge in [0.25, 0.3) is 0 Å². The molecule has 0 aliphatic heterocycles. The highest BCUT2D eigenvalue weighted by Gasteiger charge is 2.22. The Labute approximate surface area is 105 Å². The number of unbranched alkanes of at least 4 members (excludes halogenated alkanes) is 1. The lowest BCUT2D eigenvalue weighted by atomic mass is 9.99. The van der Waals surface area contributed by atoms with Gasteiger partial charge in [-0.2, -0.15) is 0 Å². The van der Waals surface area contributed by atoms with Crippen LogP contribution in [0.1, 0.15) is 33.1 Å². The van der Waals surface area contributed by atoms with Gasteiger partial charge in [-0.25, -0.2) is 0 Å². The third-order valence-corrected chi connectivity index (χ3v) is 2.82. The maximum atomic E-state index is 11.8. The van der Waals surface area contributed by atoms with Crippen LogP contribution in [0.3, 0.4) is 0 Å². The quantitative estimate of drug-likeness (QED) is 0.555. The van der Waals surface area contributed by atoms with Crippen molar-refractivity contribution in [2.45, 2.75) is 39.2 Å². The predicted octanol–water partition coefficient (Wildman–Crippen LogP) is 2.21. The van der Waals surface area contributed by atoms with Gasteiger partial charge in [0.05, 0.1) is 6.04 Å². The number of amides is 1. The Balaban J connectivity index is 0. The van der Waals surface area contributed by atoms with E-state index in [0.717, 1.165) is 25.8 Å². The highest BCUT2D eigenvalue weighted by Crippen LogP contribution is 2.08. The van der Waals surface area contributed by atoms with Crippen LogP contribution in [0.15, 0.2) is 12.7 Å². The minimum absolute atomic E-state index is 0. The van der Waals surface area contributed by atoms with E-state index in [9.17, 15) is 4.79 Å².